The van der Waals surface area contributed by atoms with E-state index in [0.29, 0.717) is 18.4 Å². The molecule has 0 aliphatic heterocycles. The number of benzene rings is 3. The molecule has 1 heterocycles. The number of carboxylic acids is 1. The monoisotopic (exact) mass is 470 g/mol. The molecule has 6 heteroatoms. The summed E-state index contributed by atoms with van der Waals surface area (Å²) in [6.07, 6.45) is 2.95. The molecule has 4 rings (SSSR count). The number of aliphatic carboxylic acids is 1. The summed E-state index contributed by atoms with van der Waals surface area (Å²) in [5.41, 5.74) is 3.74. The molecule has 0 saturated carbocycles. The largest absolute Gasteiger partial charge is 0.481 e. The lowest BCUT2D eigenvalue weighted by molar-refractivity contribution is -0.147. The van der Waals surface area contributed by atoms with E-state index < -0.39 is 11.4 Å². The highest BCUT2D eigenvalue weighted by Gasteiger charge is 2.27. The zero-order chi connectivity index (χ0) is 24.1. The zero-order valence-electron chi connectivity index (χ0n) is 19.1. The van der Waals surface area contributed by atoms with Crippen molar-refractivity contribution < 1.29 is 14.7 Å². The summed E-state index contributed by atoms with van der Waals surface area (Å²) in [6, 6.07) is 25.3. The fourth-order valence-electron chi connectivity index (χ4n) is 3.45. The number of nitrogens with one attached hydrogen (secondary N) is 1. The summed E-state index contributed by atoms with van der Waals surface area (Å²) in [5, 5.41) is 13.1. The predicted molar refractivity (Wildman–Crippen MR) is 137 cm³/mol. The first kappa shape index (κ1) is 23.4. The SMILES string of the molecule is CC(C)(CCc1ncc(-c2ccc(C(=O)Nc3ccc(-c4ccccc4)cc3)cc2)s1)C(=O)O. The van der Waals surface area contributed by atoms with Crippen LogP contribution in [0.25, 0.3) is 21.6 Å². The smallest absolute Gasteiger partial charge is 0.309 e. The second-order valence-electron chi connectivity index (χ2n) is 8.78. The van der Waals surface area contributed by atoms with Crippen molar-refractivity contribution in [2.45, 2.75) is 26.7 Å². The van der Waals surface area contributed by atoms with Gasteiger partial charge in [-0.2, -0.15) is 0 Å². The molecule has 34 heavy (non-hydrogen) atoms. The Bertz CT molecular complexity index is 1280. The van der Waals surface area contributed by atoms with E-state index in [1.807, 2.05) is 54.6 Å². The van der Waals surface area contributed by atoms with Crippen molar-refractivity contribution in [3.05, 3.63) is 95.6 Å². The number of nitrogens with zero attached hydrogens (tertiary/aromatic N) is 1. The van der Waals surface area contributed by atoms with Gasteiger partial charge in [0.05, 0.1) is 15.3 Å². The Morgan fingerprint density at radius 2 is 1.50 bits per heavy atom. The third kappa shape index (κ3) is 5.58. The first-order valence-electron chi connectivity index (χ1n) is 11.1. The maximum Gasteiger partial charge on any atom is 0.309 e. The van der Waals surface area contributed by atoms with Gasteiger partial charge in [-0.25, -0.2) is 4.98 Å². The fraction of sp³-hybridized carbons (Fsp3) is 0.179. The lowest BCUT2D eigenvalue weighted by atomic mass is 9.88. The normalized spacial score (nSPS) is 11.2. The lowest BCUT2D eigenvalue weighted by Crippen LogP contribution is -2.24. The Hall–Kier alpha value is -3.77. The number of hydrogen-bond acceptors (Lipinski definition) is 4. The Labute approximate surface area is 203 Å². The number of aromatic nitrogens is 1. The second-order valence-corrected chi connectivity index (χ2v) is 9.90. The number of hydrogen-bond donors (Lipinski definition) is 2. The molecule has 0 aliphatic rings. The third-order valence-electron chi connectivity index (χ3n) is 5.78. The highest BCUT2D eigenvalue weighted by atomic mass is 32.1. The standard InChI is InChI=1S/C28H26N2O3S/c1-28(2,27(32)33)17-16-25-29-18-24(34-25)21-8-10-22(11-9-21)26(31)30-23-14-12-20(13-15-23)19-6-4-3-5-7-19/h3-15,18H,16-17H2,1-2H3,(H,30,31)(H,32,33). The Morgan fingerprint density at radius 3 is 2.15 bits per heavy atom. The van der Waals surface area contributed by atoms with Crippen molar-refractivity contribution in [3.63, 3.8) is 0 Å². The predicted octanol–water partition coefficient (Wildman–Crippen LogP) is 6.77. The number of carbonyl (C=O) groups is 2. The first-order valence-corrected chi connectivity index (χ1v) is 11.9. The molecule has 2 N–H and O–H groups in total. The van der Waals surface area contributed by atoms with Crippen molar-refractivity contribution in [1.82, 2.24) is 4.98 Å². The minimum Gasteiger partial charge on any atom is -0.481 e. The number of anilines is 1. The van der Waals surface area contributed by atoms with Crippen LogP contribution in [0.1, 0.15) is 35.6 Å². The van der Waals surface area contributed by atoms with Gasteiger partial charge in [-0.3, -0.25) is 9.59 Å². The van der Waals surface area contributed by atoms with Gasteiger partial charge in [0.1, 0.15) is 0 Å². The van der Waals surface area contributed by atoms with Gasteiger partial charge in [-0.05, 0) is 61.2 Å². The van der Waals surface area contributed by atoms with E-state index in [1.54, 1.807) is 43.5 Å². The van der Waals surface area contributed by atoms with Crippen LogP contribution in [0, 0.1) is 5.41 Å². The van der Waals surface area contributed by atoms with Crippen molar-refractivity contribution in [2.24, 2.45) is 5.41 Å². The van der Waals surface area contributed by atoms with E-state index >= 15 is 0 Å². The molecular formula is C28H26N2O3S. The van der Waals surface area contributed by atoms with Crippen LogP contribution in [0.2, 0.25) is 0 Å². The van der Waals surface area contributed by atoms with Crippen molar-refractivity contribution >= 4 is 28.9 Å². The minimum absolute atomic E-state index is 0.167. The van der Waals surface area contributed by atoms with Gasteiger partial charge in [0, 0.05) is 23.9 Å². The van der Waals surface area contributed by atoms with E-state index in [0.717, 1.165) is 32.3 Å². The summed E-state index contributed by atoms with van der Waals surface area (Å²) in [6.45, 7) is 3.45. The number of carboxylic acid groups (broad SMARTS) is 1. The average Bonchev–Trinajstić information content (AvgIpc) is 3.33. The number of carbonyl (C=O) groups excluding carboxylic acids is 1. The summed E-state index contributed by atoms with van der Waals surface area (Å²) in [5.74, 6) is -0.967. The summed E-state index contributed by atoms with van der Waals surface area (Å²) in [4.78, 5) is 29.4. The molecule has 0 fully saturated rings. The van der Waals surface area contributed by atoms with E-state index in [4.69, 9.17) is 0 Å². The van der Waals surface area contributed by atoms with Crippen LogP contribution >= 0.6 is 11.3 Å². The Morgan fingerprint density at radius 1 is 0.882 bits per heavy atom. The van der Waals surface area contributed by atoms with Gasteiger partial charge in [0.15, 0.2) is 0 Å². The second kappa shape index (κ2) is 10.0. The van der Waals surface area contributed by atoms with Crippen molar-refractivity contribution in [3.8, 4) is 21.6 Å². The number of thiazole rings is 1. The first-order chi connectivity index (χ1) is 16.3. The van der Waals surface area contributed by atoms with Crippen LogP contribution in [-0.4, -0.2) is 22.0 Å². The van der Waals surface area contributed by atoms with E-state index in [9.17, 15) is 14.7 Å². The molecule has 0 unspecified atom stereocenters. The summed E-state index contributed by atoms with van der Waals surface area (Å²) < 4.78 is 0. The van der Waals surface area contributed by atoms with E-state index in [1.165, 1.54) is 0 Å². The van der Waals surface area contributed by atoms with Gasteiger partial charge in [0.2, 0.25) is 0 Å². The molecule has 0 aliphatic carbocycles. The topological polar surface area (TPSA) is 79.3 Å². The molecule has 5 nitrogen and oxygen atoms in total. The zero-order valence-corrected chi connectivity index (χ0v) is 19.9. The van der Waals surface area contributed by atoms with Crippen LogP contribution in [0.15, 0.2) is 85.1 Å². The van der Waals surface area contributed by atoms with E-state index in [-0.39, 0.29) is 5.91 Å². The van der Waals surface area contributed by atoms with Crippen LogP contribution in [0.5, 0.6) is 0 Å². The number of rotatable bonds is 8. The molecule has 0 atom stereocenters. The lowest BCUT2D eigenvalue weighted by Gasteiger charge is -2.17. The van der Waals surface area contributed by atoms with Crippen LogP contribution in [0.3, 0.4) is 0 Å². The fourth-order valence-corrected chi connectivity index (χ4v) is 4.37. The molecule has 1 aromatic heterocycles. The number of aryl methyl sites for hydroxylation is 1. The number of amides is 1. The summed E-state index contributed by atoms with van der Waals surface area (Å²) in [7, 11) is 0. The molecular weight excluding hydrogens is 444 g/mol. The molecule has 0 radical (unpaired) electrons. The highest BCUT2D eigenvalue weighted by molar-refractivity contribution is 7.15. The molecule has 0 saturated heterocycles. The Balaban J connectivity index is 1.37. The molecule has 172 valence electrons. The van der Waals surface area contributed by atoms with Gasteiger partial charge in [0.25, 0.3) is 5.91 Å². The van der Waals surface area contributed by atoms with Crippen molar-refractivity contribution in [1.29, 1.82) is 0 Å². The maximum atomic E-state index is 12.7. The van der Waals surface area contributed by atoms with E-state index in [2.05, 4.69) is 22.4 Å². The minimum atomic E-state index is -0.801. The molecule has 4 aromatic rings. The summed E-state index contributed by atoms with van der Waals surface area (Å²) >= 11 is 1.55. The Kier molecular flexibility index (Phi) is 6.89. The van der Waals surface area contributed by atoms with Crippen molar-refractivity contribution in [2.75, 3.05) is 5.32 Å². The van der Waals surface area contributed by atoms with Gasteiger partial charge >= 0.3 is 5.97 Å². The van der Waals surface area contributed by atoms with Gasteiger partial charge < -0.3 is 10.4 Å². The molecule has 0 spiro atoms. The van der Waals surface area contributed by atoms with Gasteiger partial charge in [-0.1, -0.05) is 54.6 Å². The quantitative estimate of drug-likeness (QED) is 0.298. The average molecular weight is 471 g/mol. The third-order valence-corrected chi connectivity index (χ3v) is 6.88. The maximum absolute atomic E-state index is 12.7. The van der Waals surface area contributed by atoms with Crippen LogP contribution in [0.4, 0.5) is 5.69 Å². The molecule has 0 bridgehead atoms. The highest BCUT2D eigenvalue weighted by Crippen LogP contribution is 2.30. The molecule has 1 amide bonds. The molecule has 3 aromatic carbocycles. The van der Waals surface area contributed by atoms with Gasteiger partial charge in [-0.15, -0.1) is 11.3 Å². The van der Waals surface area contributed by atoms with Crippen LogP contribution < -0.4 is 5.32 Å². The van der Waals surface area contributed by atoms with Crippen LogP contribution in [-0.2, 0) is 11.2 Å².